The molecule has 8 nitrogen and oxygen atoms in total. The number of halogens is 2. The molecule has 1 fully saturated rings. The zero-order chi connectivity index (χ0) is 20.5. The first kappa shape index (κ1) is 20.1. The predicted octanol–water partition coefficient (Wildman–Crippen LogP) is 3.86. The maximum absolute atomic E-state index is 12.8. The topological polar surface area (TPSA) is 102 Å². The Morgan fingerprint density at radius 3 is 2.54 bits per heavy atom. The summed E-state index contributed by atoms with van der Waals surface area (Å²) in [5.41, 5.74) is -0.934. The van der Waals surface area contributed by atoms with E-state index in [1.54, 1.807) is 25.1 Å². The van der Waals surface area contributed by atoms with E-state index < -0.39 is 22.4 Å². The van der Waals surface area contributed by atoms with E-state index in [1.807, 2.05) is 0 Å². The predicted molar refractivity (Wildman–Crippen MR) is 105 cm³/mol. The van der Waals surface area contributed by atoms with Crippen LogP contribution in [0.25, 0.3) is 0 Å². The number of non-ortho nitro benzene ring substituents is 1. The Bertz CT molecular complexity index is 953. The minimum Gasteiger partial charge on any atom is -0.491 e. The standard InChI is InChI=1S/C18H15BrClN3O5/c1-18(11-2-5-13(6-3-11)23(26)27)16(24)22(17(25)21-18)8-9-28-15-7-4-12(20)10-14(15)19/h2-7,10H,8-9H2,1H3,(H,21,25). The number of carbonyl (C=O) groups is 2. The SMILES string of the molecule is CC1(c2ccc([N+](=O)[O-])cc2)NC(=O)N(CCOc2ccc(Cl)cc2Br)C1=O. The van der Waals surface area contributed by atoms with Crippen LogP contribution in [0.4, 0.5) is 10.5 Å². The highest BCUT2D eigenvalue weighted by molar-refractivity contribution is 9.10. The Kier molecular flexibility index (Phi) is 5.57. The van der Waals surface area contributed by atoms with Gasteiger partial charge in [0.2, 0.25) is 0 Å². The number of rotatable bonds is 6. The first-order chi connectivity index (χ1) is 13.2. The zero-order valence-corrected chi connectivity index (χ0v) is 17.0. The van der Waals surface area contributed by atoms with E-state index in [9.17, 15) is 19.7 Å². The summed E-state index contributed by atoms with van der Waals surface area (Å²) in [6.45, 7) is 1.70. The summed E-state index contributed by atoms with van der Waals surface area (Å²) in [6, 6.07) is 9.98. The molecule has 1 heterocycles. The number of carbonyl (C=O) groups excluding carboxylic acids is 2. The molecule has 1 aliphatic rings. The number of nitrogens with zero attached hydrogens (tertiary/aromatic N) is 2. The molecular weight excluding hydrogens is 454 g/mol. The van der Waals surface area contributed by atoms with Crippen LogP contribution in [-0.2, 0) is 10.3 Å². The molecule has 0 aliphatic carbocycles. The van der Waals surface area contributed by atoms with Crippen molar-refractivity contribution >= 4 is 45.2 Å². The van der Waals surface area contributed by atoms with Gasteiger partial charge >= 0.3 is 6.03 Å². The molecule has 3 amide bonds. The van der Waals surface area contributed by atoms with Crippen molar-refractivity contribution in [2.24, 2.45) is 0 Å². The molecule has 146 valence electrons. The first-order valence-electron chi connectivity index (χ1n) is 8.19. The number of urea groups is 1. The number of imide groups is 1. The molecule has 1 atom stereocenters. The zero-order valence-electron chi connectivity index (χ0n) is 14.6. The largest absolute Gasteiger partial charge is 0.491 e. The fourth-order valence-corrected chi connectivity index (χ4v) is 3.65. The monoisotopic (exact) mass is 467 g/mol. The summed E-state index contributed by atoms with van der Waals surface area (Å²) < 4.78 is 6.27. The minimum atomic E-state index is -1.30. The van der Waals surface area contributed by atoms with Gasteiger partial charge < -0.3 is 10.1 Å². The Labute approximate surface area is 173 Å². The van der Waals surface area contributed by atoms with Crippen molar-refractivity contribution in [3.8, 4) is 5.75 Å². The molecule has 1 aliphatic heterocycles. The average Bonchev–Trinajstić information content (AvgIpc) is 2.87. The summed E-state index contributed by atoms with van der Waals surface area (Å²) in [5.74, 6) is 0.0831. The second-order valence-electron chi connectivity index (χ2n) is 6.24. The summed E-state index contributed by atoms with van der Waals surface area (Å²) >= 11 is 9.21. The number of benzene rings is 2. The van der Waals surface area contributed by atoms with Gasteiger partial charge in [0, 0.05) is 17.2 Å². The first-order valence-corrected chi connectivity index (χ1v) is 9.36. The van der Waals surface area contributed by atoms with Gasteiger partial charge in [-0.3, -0.25) is 19.8 Å². The minimum absolute atomic E-state index is 0.0440. The lowest BCUT2D eigenvalue weighted by Crippen LogP contribution is -2.41. The normalized spacial score (nSPS) is 18.9. The van der Waals surface area contributed by atoms with Crippen LogP contribution in [0.15, 0.2) is 46.9 Å². The van der Waals surface area contributed by atoms with Crippen LogP contribution in [0, 0.1) is 10.1 Å². The third kappa shape index (κ3) is 3.81. The van der Waals surface area contributed by atoms with Crippen molar-refractivity contribution in [3.63, 3.8) is 0 Å². The maximum Gasteiger partial charge on any atom is 0.325 e. The van der Waals surface area contributed by atoms with Crippen LogP contribution in [0.2, 0.25) is 5.02 Å². The highest BCUT2D eigenvalue weighted by atomic mass is 79.9. The molecule has 0 bridgehead atoms. The lowest BCUT2D eigenvalue weighted by atomic mass is 9.92. The number of nitrogens with one attached hydrogen (secondary N) is 1. The van der Waals surface area contributed by atoms with Crippen molar-refractivity contribution in [3.05, 3.63) is 67.6 Å². The van der Waals surface area contributed by atoms with Gasteiger partial charge in [-0.05, 0) is 58.7 Å². The number of hydrogen-bond donors (Lipinski definition) is 1. The molecule has 0 aromatic heterocycles. The summed E-state index contributed by atoms with van der Waals surface area (Å²) in [7, 11) is 0. The van der Waals surface area contributed by atoms with Crippen molar-refractivity contribution in [1.82, 2.24) is 10.2 Å². The van der Waals surface area contributed by atoms with E-state index in [0.717, 1.165) is 4.90 Å². The molecule has 3 rings (SSSR count). The number of nitro benzene ring substituents is 1. The third-order valence-corrected chi connectivity index (χ3v) is 5.25. The highest BCUT2D eigenvalue weighted by Crippen LogP contribution is 2.31. The molecule has 1 saturated heterocycles. The molecule has 2 aromatic rings. The summed E-state index contributed by atoms with van der Waals surface area (Å²) in [6.07, 6.45) is 0. The van der Waals surface area contributed by atoms with Crippen molar-refractivity contribution in [2.75, 3.05) is 13.2 Å². The molecule has 0 spiro atoms. The van der Waals surface area contributed by atoms with Gasteiger partial charge in [0.1, 0.15) is 17.9 Å². The summed E-state index contributed by atoms with van der Waals surface area (Å²) in [5, 5.41) is 14.0. The Morgan fingerprint density at radius 1 is 1.25 bits per heavy atom. The van der Waals surface area contributed by atoms with Crippen molar-refractivity contribution < 1.29 is 19.2 Å². The van der Waals surface area contributed by atoms with Gasteiger partial charge in [-0.1, -0.05) is 11.6 Å². The van der Waals surface area contributed by atoms with Gasteiger partial charge in [-0.15, -0.1) is 0 Å². The Balaban J connectivity index is 1.69. The van der Waals surface area contributed by atoms with E-state index in [1.165, 1.54) is 24.3 Å². The number of nitro groups is 1. The summed E-state index contributed by atoms with van der Waals surface area (Å²) in [4.78, 5) is 36.5. The molecule has 2 aromatic carbocycles. The fraction of sp³-hybridized carbons (Fsp3) is 0.222. The third-order valence-electron chi connectivity index (χ3n) is 4.40. The van der Waals surface area contributed by atoms with Gasteiger partial charge in [0.05, 0.1) is 15.9 Å². The Hall–Kier alpha value is -2.65. The molecule has 10 heteroatoms. The van der Waals surface area contributed by atoms with Crippen LogP contribution < -0.4 is 10.1 Å². The molecule has 0 saturated carbocycles. The molecular formula is C18H15BrClN3O5. The lowest BCUT2D eigenvalue weighted by molar-refractivity contribution is -0.384. The molecule has 28 heavy (non-hydrogen) atoms. The average molecular weight is 469 g/mol. The van der Waals surface area contributed by atoms with E-state index in [4.69, 9.17) is 16.3 Å². The van der Waals surface area contributed by atoms with Crippen LogP contribution in [-0.4, -0.2) is 34.9 Å². The van der Waals surface area contributed by atoms with E-state index in [2.05, 4.69) is 21.2 Å². The second kappa shape index (κ2) is 7.76. The van der Waals surface area contributed by atoms with Gasteiger partial charge in [0.25, 0.3) is 11.6 Å². The number of hydrogen-bond acceptors (Lipinski definition) is 5. The van der Waals surface area contributed by atoms with Gasteiger partial charge in [-0.2, -0.15) is 0 Å². The number of amides is 3. The maximum atomic E-state index is 12.8. The van der Waals surface area contributed by atoms with Crippen LogP contribution in [0.1, 0.15) is 12.5 Å². The van der Waals surface area contributed by atoms with E-state index >= 15 is 0 Å². The van der Waals surface area contributed by atoms with Gasteiger partial charge in [0.15, 0.2) is 0 Å². The van der Waals surface area contributed by atoms with Crippen LogP contribution >= 0.6 is 27.5 Å². The van der Waals surface area contributed by atoms with Crippen molar-refractivity contribution in [1.29, 1.82) is 0 Å². The fourth-order valence-electron chi connectivity index (χ4n) is 2.85. The van der Waals surface area contributed by atoms with E-state index in [-0.39, 0.29) is 18.8 Å². The molecule has 1 unspecified atom stereocenters. The number of ether oxygens (including phenoxy) is 1. The van der Waals surface area contributed by atoms with Gasteiger partial charge in [-0.25, -0.2) is 4.79 Å². The Morgan fingerprint density at radius 2 is 1.93 bits per heavy atom. The van der Waals surface area contributed by atoms with Crippen LogP contribution in [0.5, 0.6) is 5.75 Å². The molecule has 0 radical (unpaired) electrons. The quantitative estimate of drug-likeness (QED) is 0.394. The highest BCUT2D eigenvalue weighted by Gasteiger charge is 2.48. The second-order valence-corrected chi connectivity index (χ2v) is 7.53. The van der Waals surface area contributed by atoms with E-state index in [0.29, 0.717) is 20.8 Å². The molecule has 1 N–H and O–H groups in total. The smallest absolute Gasteiger partial charge is 0.325 e. The lowest BCUT2D eigenvalue weighted by Gasteiger charge is -2.22. The van der Waals surface area contributed by atoms with Crippen LogP contribution in [0.3, 0.4) is 0 Å². The van der Waals surface area contributed by atoms with Crippen molar-refractivity contribution in [2.45, 2.75) is 12.5 Å².